The third kappa shape index (κ3) is 3.60. The van der Waals surface area contributed by atoms with Crippen molar-refractivity contribution in [1.29, 1.82) is 0 Å². The van der Waals surface area contributed by atoms with Gasteiger partial charge in [0.2, 0.25) is 0 Å². The second-order valence-corrected chi connectivity index (χ2v) is 5.52. The number of ether oxygens (including phenoxy) is 1. The molecule has 0 radical (unpaired) electrons. The van der Waals surface area contributed by atoms with E-state index in [-0.39, 0.29) is 24.3 Å². The molecule has 0 spiro atoms. The van der Waals surface area contributed by atoms with Gasteiger partial charge in [-0.1, -0.05) is 18.2 Å². The number of benzene rings is 1. The van der Waals surface area contributed by atoms with Crippen molar-refractivity contribution in [1.82, 2.24) is 9.38 Å². The summed E-state index contributed by atoms with van der Waals surface area (Å²) >= 11 is 0. The van der Waals surface area contributed by atoms with Crippen LogP contribution in [0.25, 0.3) is 5.65 Å². The summed E-state index contributed by atoms with van der Waals surface area (Å²) in [5, 5.41) is 9.22. The average molecular weight is 324 g/mol. The molecule has 3 aromatic rings. The maximum absolute atomic E-state index is 12.1. The Balaban J connectivity index is 1.69. The van der Waals surface area contributed by atoms with E-state index in [1.54, 1.807) is 24.4 Å². The molecule has 0 aliphatic heterocycles. The maximum Gasteiger partial charge on any atom is 0.310 e. The minimum atomic E-state index is -0.424. The van der Waals surface area contributed by atoms with Crippen molar-refractivity contribution in [2.24, 2.45) is 0 Å². The molecule has 0 aliphatic rings. The number of aromatic hydroxyl groups is 1. The Morgan fingerprint density at radius 1 is 1.21 bits per heavy atom. The molecule has 122 valence electrons. The summed E-state index contributed by atoms with van der Waals surface area (Å²) in [7, 11) is 0. The molecule has 1 N–H and O–H groups in total. The van der Waals surface area contributed by atoms with Gasteiger partial charge in [-0.15, -0.1) is 0 Å². The number of phenols is 1. The van der Waals surface area contributed by atoms with Crippen LogP contribution >= 0.6 is 0 Å². The van der Waals surface area contributed by atoms with Gasteiger partial charge in [-0.25, -0.2) is 4.98 Å². The first-order chi connectivity index (χ1) is 11.5. The summed E-state index contributed by atoms with van der Waals surface area (Å²) in [4.78, 5) is 28.3. The van der Waals surface area contributed by atoms with E-state index in [0.717, 1.165) is 11.1 Å². The molecule has 0 bridgehead atoms. The number of pyridine rings is 1. The molecular formula is C18H16N2O4. The van der Waals surface area contributed by atoms with Crippen molar-refractivity contribution in [3.05, 3.63) is 75.8 Å². The van der Waals surface area contributed by atoms with Gasteiger partial charge in [0.1, 0.15) is 18.0 Å². The number of rotatable bonds is 4. The van der Waals surface area contributed by atoms with Gasteiger partial charge < -0.3 is 9.84 Å². The van der Waals surface area contributed by atoms with Crippen LogP contribution in [0.3, 0.4) is 0 Å². The number of carbonyl (C=O) groups is 1. The molecule has 2 heterocycles. The zero-order valence-electron chi connectivity index (χ0n) is 13.1. The highest BCUT2D eigenvalue weighted by Crippen LogP contribution is 2.11. The molecule has 0 unspecified atom stereocenters. The summed E-state index contributed by atoms with van der Waals surface area (Å²) < 4.78 is 6.63. The Morgan fingerprint density at radius 2 is 1.96 bits per heavy atom. The highest BCUT2D eigenvalue weighted by molar-refractivity contribution is 5.72. The van der Waals surface area contributed by atoms with E-state index < -0.39 is 5.97 Å². The molecule has 0 atom stereocenters. The fourth-order valence-electron chi connectivity index (χ4n) is 2.32. The first-order valence-corrected chi connectivity index (χ1v) is 7.44. The van der Waals surface area contributed by atoms with E-state index in [4.69, 9.17) is 4.74 Å². The lowest BCUT2D eigenvalue weighted by atomic mass is 10.1. The number of nitrogens with zero attached hydrogens (tertiary/aromatic N) is 2. The fourth-order valence-corrected chi connectivity index (χ4v) is 2.32. The van der Waals surface area contributed by atoms with Gasteiger partial charge in [0.25, 0.3) is 5.56 Å². The van der Waals surface area contributed by atoms with Crippen LogP contribution in [0.1, 0.15) is 16.8 Å². The summed E-state index contributed by atoms with van der Waals surface area (Å²) in [6.07, 6.45) is 1.80. The number of hydrogen-bond acceptors (Lipinski definition) is 5. The first kappa shape index (κ1) is 15.7. The number of aryl methyl sites for hydroxylation is 1. The van der Waals surface area contributed by atoms with Crippen LogP contribution in [-0.4, -0.2) is 20.5 Å². The summed E-state index contributed by atoms with van der Waals surface area (Å²) in [6, 6.07) is 11.3. The van der Waals surface area contributed by atoms with E-state index in [1.807, 2.05) is 13.0 Å². The molecule has 24 heavy (non-hydrogen) atoms. The number of hydrogen-bond donors (Lipinski definition) is 1. The van der Waals surface area contributed by atoms with Gasteiger partial charge in [0, 0.05) is 12.3 Å². The summed E-state index contributed by atoms with van der Waals surface area (Å²) in [5.41, 5.74) is 2.40. The number of aromatic nitrogens is 2. The van der Waals surface area contributed by atoms with Crippen molar-refractivity contribution in [2.45, 2.75) is 20.0 Å². The number of carbonyl (C=O) groups excluding carboxylic acids is 1. The maximum atomic E-state index is 12.1. The van der Waals surface area contributed by atoms with E-state index >= 15 is 0 Å². The van der Waals surface area contributed by atoms with Crippen molar-refractivity contribution < 1.29 is 14.6 Å². The van der Waals surface area contributed by atoms with Crippen molar-refractivity contribution in [3.8, 4) is 5.75 Å². The summed E-state index contributed by atoms with van der Waals surface area (Å²) in [5.74, 6) is -0.283. The van der Waals surface area contributed by atoms with Crippen molar-refractivity contribution in [3.63, 3.8) is 0 Å². The lowest BCUT2D eigenvalue weighted by Crippen LogP contribution is -2.17. The molecule has 6 nitrogen and oxygen atoms in total. The van der Waals surface area contributed by atoms with Gasteiger partial charge in [-0.05, 0) is 36.2 Å². The largest absolute Gasteiger partial charge is 0.508 e. The number of esters is 1. The Morgan fingerprint density at radius 3 is 2.71 bits per heavy atom. The molecule has 0 amide bonds. The molecule has 1 aromatic carbocycles. The minimum absolute atomic E-state index is 0.0590. The Hall–Kier alpha value is -3.15. The predicted octanol–water partition coefficient (Wildman–Crippen LogP) is 1.99. The van der Waals surface area contributed by atoms with Gasteiger partial charge >= 0.3 is 5.97 Å². The SMILES string of the molecule is Cc1ccc2nc(COC(=O)Cc3ccc(O)cc3)cc(=O)n2c1. The van der Waals surface area contributed by atoms with Crippen LogP contribution in [0.4, 0.5) is 0 Å². The molecular weight excluding hydrogens is 308 g/mol. The number of phenolic OH excluding ortho intramolecular Hbond substituents is 1. The highest BCUT2D eigenvalue weighted by atomic mass is 16.5. The second-order valence-electron chi connectivity index (χ2n) is 5.52. The molecule has 0 fully saturated rings. The predicted molar refractivity (Wildman–Crippen MR) is 87.8 cm³/mol. The third-order valence-electron chi connectivity index (χ3n) is 3.53. The zero-order chi connectivity index (χ0) is 17.1. The lowest BCUT2D eigenvalue weighted by molar-refractivity contribution is -0.144. The fraction of sp³-hybridized carbons (Fsp3) is 0.167. The standard InChI is InChI=1S/C18H16N2O4/c1-12-2-7-16-19-14(9-17(22)20(16)10-12)11-24-18(23)8-13-3-5-15(21)6-4-13/h2-7,9-10,21H,8,11H2,1H3. The molecule has 3 rings (SSSR count). The highest BCUT2D eigenvalue weighted by Gasteiger charge is 2.08. The summed E-state index contributed by atoms with van der Waals surface area (Å²) in [6.45, 7) is 1.83. The van der Waals surface area contributed by atoms with E-state index in [9.17, 15) is 14.7 Å². The van der Waals surface area contributed by atoms with Crippen LogP contribution in [0.5, 0.6) is 5.75 Å². The first-order valence-electron chi connectivity index (χ1n) is 7.44. The molecule has 2 aromatic heterocycles. The van der Waals surface area contributed by atoms with Crippen molar-refractivity contribution >= 4 is 11.6 Å². The van der Waals surface area contributed by atoms with Gasteiger partial charge in [-0.3, -0.25) is 14.0 Å². The normalized spacial score (nSPS) is 10.7. The lowest BCUT2D eigenvalue weighted by Gasteiger charge is -2.07. The van der Waals surface area contributed by atoms with Crippen LogP contribution in [-0.2, 0) is 22.6 Å². The van der Waals surface area contributed by atoms with Gasteiger partial charge in [0.05, 0.1) is 12.1 Å². The number of fused-ring (bicyclic) bond motifs is 1. The Kier molecular flexibility index (Phi) is 4.29. The molecule has 0 aliphatic carbocycles. The van der Waals surface area contributed by atoms with E-state index in [0.29, 0.717) is 11.3 Å². The molecule has 0 saturated carbocycles. The quantitative estimate of drug-likeness (QED) is 0.742. The van der Waals surface area contributed by atoms with Crippen molar-refractivity contribution in [2.75, 3.05) is 0 Å². The van der Waals surface area contributed by atoms with E-state index in [2.05, 4.69) is 4.98 Å². The minimum Gasteiger partial charge on any atom is -0.508 e. The Bertz CT molecular complexity index is 945. The molecule has 0 saturated heterocycles. The van der Waals surface area contributed by atoms with Crippen LogP contribution in [0.15, 0.2) is 53.5 Å². The van der Waals surface area contributed by atoms with Gasteiger partial charge in [0.15, 0.2) is 0 Å². The smallest absolute Gasteiger partial charge is 0.310 e. The van der Waals surface area contributed by atoms with Crippen LogP contribution in [0.2, 0.25) is 0 Å². The zero-order valence-corrected chi connectivity index (χ0v) is 13.1. The average Bonchev–Trinajstić information content (AvgIpc) is 2.56. The van der Waals surface area contributed by atoms with Gasteiger partial charge in [-0.2, -0.15) is 0 Å². The Labute approximate surface area is 138 Å². The van der Waals surface area contributed by atoms with Crippen LogP contribution < -0.4 is 5.56 Å². The second kappa shape index (κ2) is 6.54. The third-order valence-corrected chi connectivity index (χ3v) is 3.53. The monoisotopic (exact) mass is 324 g/mol. The van der Waals surface area contributed by atoms with Crippen LogP contribution in [0, 0.1) is 6.92 Å². The topological polar surface area (TPSA) is 80.9 Å². The molecule has 6 heteroatoms. The van der Waals surface area contributed by atoms with E-state index in [1.165, 1.54) is 22.6 Å².